The molecule has 1 N–H and O–H groups in total. The van der Waals surface area contributed by atoms with Crippen LogP contribution in [0.2, 0.25) is 0 Å². The average molecular weight is 611 g/mol. The zero-order valence-corrected chi connectivity index (χ0v) is 24.1. The first-order chi connectivity index (χ1) is 19.4. The van der Waals surface area contributed by atoms with Crippen LogP contribution in [0.1, 0.15) is 29.9 Å². The van der Waals surface area contributed by atoms with Crippen molar-refractivity contribution in [2.75, 3.05) is 5.32 Å². The molecule has 3 heterocycles. The molecule has 0 saturated heterocycles. The van der Waals surface area contributed by atoms with Crippen molar-refractivity contribution >= 4 is 44.9 Å². The van der Waals surface area contributed by atoms with Crippen LogP contribution in [-0.2, 0) is 4.79 Å². The minimum absolute atomic E-state index is 0.229. The van der Waals surface area contributed by atoms with Gasteiger partial charge in [-0.05, 0) is 55.3 Å². The minimum Gasteiger partial charge on any atom is -0.457 e. The molecule has 6 nitrogen and oxygen atoms in total. The van der Waals surface area contributed by atoms with Crippen LogP contribution in [0.5, 0.6) is 0 Å². The van der Waals surface area contributed by atoms with E-state index in [-0.39, 0.29) is 11.5 Å². The number of furan rings is 1. The molecule has 0 aliphatic carbocycles. The first kappa shape index (κ1) is 26.0. The molecule has 6 rings (SSSR count). The van der Waals surface area contributed by atoms with Crippen molar-refractivity contribution in [2.45, 2.75) is 19.9 Å². The maximum absolute atomic E-state index is 13.9. The van der Waals surface area contributed by atoms with E-state index in [4.69, 9.17) is 9.41 Å². The molecule has 2 aromatic heterocycles. The van der Waals surface area contributed by atoms with Crippen molar-refractivity contribution in [3.63, 3.8) is 0 Å². The lowest BCUT2D eigenvalue weighted by Crippen LogP contribution is -2.40. The molecule has 5 aromatic rings. The SMILES string of the molecule is CC1=C(C(=O)Nc2ccccc2C)[C@H](c2ccccc2)n2c(s/c(=C/c3ccc(-c4ccc(Br)cc4)o3)c2=O)=N1. The molecule has 0 bridgehead atoms. The summed E-state index contributed by atoms with van der Waals surface area (Å²) < 4.78 is 9.13. The zero-order chi connectivity index (χ0) is 27.8. The summed E-state index contributed by atoms with van der Waals surface area (Å²) >= 11 is 4.73. The Hall–Kier alpha value is -4.27. The van der Waals surface area contributed by atoms with Gasteiger partial charge in [-0.3, -0.25) is 14.2 Å². The summed E-state index contributed by atoms with van der Waals surface area (Å²) in [5, 5.41) is 3.03. The van der Waals surface area contributed by atoms with Gasteiger partial charge in [0.05, 0.1) is 21.8 Å². The minimum atomic E-state index is -0.626. The van der Waals surface area contributed by atoms with E-state index in [1.54, 1.807) is 10.6 Å². The van der Waals surface area contributed by atoms with Gasteiger partial charge in [0.25, 0.3) is 11.5 Å². The Kier molecular flexibility index (Phi) is 6.96. The van der Waals surface area contributed by atoms with Crippen molar-refractivity contribution in [3.05, 3.63) is 143 Å². The number of nitrogens with one attached hydrogen (secondary N) is 1. The number of fused-ring (bicyclic) bond motifs is 1. The first-order valence-corrected chi connectivity index (χ1v) is 14.3. The Balaban J connectivity index is 1.44. The highest BCUT2D eigenvalue weighted by Crippen LogP contribution is 2.31. The number of rotatable bonds is 5. The van der Waals surface area contributed by atoms with Gasteiger partial charge in [0, 0.05) is 21.8 Å². The fraction of sp³-hybridized carbons (Fsp3) is 0.0938. The number of benzene rings is 3. The van der Waals surface area contributed by atoms with Gasteiger partial charge >= 0.3 is 0 Å². The van der Waals surface area contributed by atoms with E-state index in [2.05, 4.69) is 21.2 Å². The fourth-order valence-electron chi connectivity index (χ4n) is 4.79. The van der Waals surface area contributed by atoms with Crippen LogP contribution in [0.4, 0.5) is 5.69 Å². The molecule has 8 heteroatoms. The second kappa shape index (κ2) is 10.7. The summed E-state index contributed by atoms with van der Waals surface area (Å²) in [4.78, 5) is 32.9. The van der Waals surface area contributed by atoms with Crippen LogP contribution < -0.4 is 20.2 Å². The number of nitrogens with zero attached hydrogens (tertiary/aromatic N) is 2. The number of halogens is 1. The standard InChI is InChI=1S/C32H24BrN3O3S/c1-19-8-6-7-11-25(19)35-30(37)28-20(2)34-32-36(29(28)22-9-4-3-5-10-22)31(38)27(40-32)18-24-16-17-26(39-24)21-12-14-23(33)15-13-21/h3-18,29H,1-2H3,(H,35,37)/b27-18+/t29-/m0/s1. The van der Waals surface area contributed by atoms with Gasteiger partial charge in [-0.25, -0.2) is 4.99 Å². The molecular formula is C32H24BrN3O3S. The lowest BCUT2D eigenvalue weighted by Gasteiger charge is -2.25. The number of carbonyl (C=O) groups is 1. The molecular weight excluding hydrogens is 586 g/mol. The van der Waals surface area contributed by atoms with E-state index in [0.29, 0.717) is 32.1 Å². The lowest BCUT2D eigenvalue weighted by molar-refractivity contribution is -0.113. The van der Waals surface area contributed by atoms with Crippen molar-refractivity contribution in [2.24, 2.45) is 4.99 Å². The van der Waals surface area contributed by atoms with E-state index in [9.17, 15) is 9.59 Å². The largest absolute Gasteiger partial charge is 0.457 e. The number of thiazole rings is 1. The van der Waals surface area contributed by atoms with Gasteiger partial charge in [0.15, 0.2) is 4.80 Å². The van der Waals surface area contributed by atoms with Crippen molar-refractivity contribution in [1.82, 2.24) is 4.57 Å². The molecule has 0 fully saturated rings. The van der Waals surface area contributed by atoms with Gasteiger partial charge < -0.3 is 9.73 Å². The molecule has 0 radical (unpaired) electrons. The van der Waals surface area contributed by atoms with Crippen LogP contribution in [0.15, 0.2) is 121 Å². The van der Waals surface area contributed by atoms with Crippen LogP contribution in [-0.4, -0.2) is 10.5 Å². The molecule has 3 aromatic carbocycles. The second-order valence-electron chi connectivity index (χ2n) is 9.47. The van der Waals surface area contributed by atoms with E-state index >= 15 is 0 Å². The molecule has 0 spiro atoms. The summed E-state index contributed by atoms with van der Waals surface area (Å²) in [7, 11) is 0. The number of allylic oxidation sites excluding steroid dienone is 1. The van der Waals surface area contributed by atoms with Crippen molar-refractivity contribution in [1.29, 1.82) is 0 Å². The highest BCUT2D eigenvalue weighted by molar-refractivity contribution is 9.10. The number of hydrogen-bond acceptors (Lipinski definition) is 5. The van der Waals surface area contributed by atoms with Crippen LogP contribution in [0, 0.1) is 6.92 Å². The van der Waals surface area contributed by atoms with Gasteiger partial charge in [-0.1, -0.05) is 87.9 Å². The number of aryl methyl sites for hydroxylation is 1. The molecule has 198 valence electrons. The van der Waals surface area contributed by atoms with Crippen molar-refractivity contribution < 1.29 is 9.21 Å². The summed E-state index contributed by atoms with van der Waals surface area (Å²) in [6.07, 6.45) is 1.74. The van der Waals surface area contributed by atoms with E-state index in [0.717, 1.165) is 26.9 Å². The summed E-state index contributed by atoms with van der Waals surface area (Å²) in [6.45, 7) is 3.76. The molecule has 40 heavy (non-hydrogen) atoms. The highest BCUT2D eigenvalue weighted by atomic mass is 79.9. The molecule has 1 atom stereocenters. The third-order valence-electron chi connectivity index (χ3n) is 6.80. The van der Waals surface area contributed by atoms with Gasteiger partial charge in [-0.15, -0.1) is 0 Å². The summed E-state index contributed by atoms with van der Waals surface area (Å²) in [5.41, 5.74) is 4.21. The topological polar surface area (TPSA) is 76.6 Å². The Bertz CT molecular complexity index is 1950. The van der Waals surface area contributed by atoms with Gasteiger partial charge in [-0.2, -0.15) is 0 Å². The predicted octanol–water partition coefficient (Wildman–Crippen LogP) is 6.20. The third-order valence-corrected chi connectivity index (χ3v) is 8.32. The number of aromatic nitrogens is 1. The van der Waals surface area contributed by atoms with Gasteiger partial charge in [0.2, 0.25) is 0 Å². The molecule has 1 aliphatic rings. The number of para-hydroxylation sites is 1. The average Bonchev–Trinajstić information content (AvgIpc) is 3.54. The van der Waals surface area contributed by atoms with E-state index < -0.39 is 6.04 Å². The Morgan fingerprint density at radius 3 is 2.45 bits per heavy atom. The predicted molar refractivity (Wildman–Crippen MR) is 162 cm³/mol. The second-order valence-corrected chi connectivity index (χ2v) is 11.4. The van der Waals surface area contributed by atoms with E-state index in [1.165, 1.54) is 11.3 Å². The van der Waals surface area contributed by atoms with Crippen LogP contribution in [0.3, 0.4) is 0 Å². The summed E-state index contributed by atoms with van der Waals surface area (Å²) in [6, 6.07) is 28.1. The Labute approximate surface area is 242 Å². The zero-order valence-electron chi connectivity index (χ0n) is 21.7. The molecule has 1 aliphatic heterocycles. The number of anilines is 1. The molecule has 0 unspecified atom stereocenters. The summed E-state index contributed by atoms with van der Waals surface area (Å²) in [5.74, 6) is 0.983. The smallest absolute Gasteiger partial charge is 0.271 e. The van der Waals surface area contributed by atoms with Gasteiger partial charge in [0.1, 0.15) is 11.5 Å². The quantitative estimate of drug-likeness (QED) is 0.257. The van der Waals surface area contributed by atoms with Crippen molar-refractivity contribution in [3.8, 4) is 11.3 Å². The monoisotopic (exact) mass is 609 g/mol. The number of carbonyl (C=O) groups excluding carboxylic acids is 1. The lowest BCUT2D eigenvalue weighted by atomic mass is 9.95. The Morgan fingerprint density at radius 2 is 1.70 bits per heavy atom. The fourth-order valence-corrected chi connectivity index (χ4v) is 6.09. The highest BCUT2D eigenvalue weighted by Gasteiger charge is 2.32. The normalized spacial score (nSPS) is 15.1. The molecule has 1 amide bonds. The maximum atomic E-state index is 13.9. The van der Waals surface area contributed by atoms with E-state index in [1.807, 2.05) is 105 Å². The molecule has 0 saturated carbocycles. The van der Waals surface area contributed by atoms with Crippen LogP contribution in [0.25, 0.3) is 17.4 Å². The third kappa shape index (κ3) is 4.92. The maximum Gasteiger partial charge on any atom is 0.271 e. The van der Waals surface area contributed by atoms with Crippen LogP contribution >= 0.6 is 27.3 Å². The Morgan fingerprint density at radius 1 is 0.975 bits per heavy atom. The first-order valence-electron chi connectivity index (χ1n) is 12.7. The number of hydrogen-bond donors (Lipinski definition) is 1. The number of amides is 1.